The molecule has 1 unspecified atom stereocenters. The topological polar surface area (TPSA) is 29.5 Å². The second-order valence-electron chi connectivity index (χ2n) is 7.06. The number of Topliss-reactive ketones (excluding diaryl/α,β-unsaturated/α-hetero) is 1. The molecule has 0 spiro atoms. The van der Waals surface area contributed by atoms with Crippen LogP contribution in [0.3, 0.4) is 0 Å². The van der Waals surface area contributed by atoms with Crippen LogP contribution in [-0.4, -0.2) is 25.4 Å². The van der Waals surface area contributed by atoms with Crippen molar-refractivity contribution in [1.29, 1.82) is 0 Å². The maximum absolute atomic E-state index is 15.7. The molecule has 0 aliphatic carbocycles. The van der Waals surface area contributed by atoms with Crippen molar-refractivity contribution in [2.24, 2.45) is 0 Å². The van der Waals surface area contributed by atoms with Gasteiger partial charge in [-0.3, -0.25) is 4.79 Å². The molecule has 1 aliphatic heterocycles. The van der Waals surface area contributed by atoms with Crippen molar-refractivity contribution in [3.05, 3.63) is 95.6 Å². The summed E-state index contributed by atoms with van der Waals surface area (Å²) >= 11 is 0. The first-order valence-electron chi connectivity index (χ1n) is 9.48. The molecule has 148 valence electrons. The van der Waals surface area contributed by atoms with Gasteiger partial charge in [0.25, 0.3) is 0 Å². The zero-order valence-electron chi connectivity index (χ0n) is 16.0. The number of nitrogens with zero attached hydrogens (tertiary/aromatic N) is 1. The minimum Gasteiger partial charge on any atom is -0.497 e. The second-order valence-corrected chi connectivity index (χ2v) is 7.06. The maximum Gasteiger partial charge on any atom is 0.333 e. The molecule has 0 saturated carbocycles. The zero-order chi connectivity index (χ0) is 20.4. The van der Waals surface area contributed by atoms with Crippen molar-refractivity contribution >= 4 is 11.5 Å². The summed E-state index contributed by atoms with van der Waals surface area (Å²) in [6.45, 7) is 0.395. The van der Waals surface area contributed by atoms with Gasteiger partial charge in [-0.25, -0.2) is 0 Å². The van der Waals surface area contributed by atoms with Crippen LogP contribution in [0.4, 0.5) is 14.5 Å². The molecule has 1 heterocycles. The molecular weight excluding hydrogens is 372 g/mol. The molecule has 0 amide bonds. The lowest BCUT2D eigenvalue weighted by Crippen LogP contribution is -2.49. The molecule has 1 atom stereocenters. The quantitative estimate of drug-likeness (QED) is 0.550. The molecule has 29 heavy (non-hydrogen) atoms. The smallest absolute Gasteiger partial charge is 0.333 e. The van der Waals surface area contributed by atoms with Gasteiger partial charge in [0.1, 0.15) is 11.8 Å². The lowest BCUT2D eigenvalue weighted by atomic mass is 9.85. The van der Waals surface area contributed by atoms with E-state index in [0.717, 1.165) is 5.56 Å². The van der Waals surface area contributed by atoms with Crippen LogP contribution in [0.25, 0.3) is 0 Å². The van der Waals surface area contributed by atoms with E-state index in [1.54, 1.807) is 66.6 Å². The summed E-state index contributed by atoms with van der Waals surface area (Å²) in [6, 6.07) is 20.5. The van der Waals surface area contributed by atoms with Crippen molar-refractivity contribution in [2.45, 2.75) is 18.4 Å². The predicted octanol–water partition coefficient (Wildman–Crippen LogP) is 5.32. The highest BCUT2D eigenvalue weighted by Crippen LogP contribution is 2.44. The van der Waals surface area contributed by atoms with Crippen molar-refractivity contribution in [2.75, 3.05) is 18.6 Å². The van der Waals surface area contributed by atoms with Gasteiger partial charge in [0.15, 0.2) is 0 Å². The summed E-state index contributed by atoms with van der Waals surface area (Å²) in [7, 11) is 1.56. The summed E-state index contributed by atoms with van der Waals surface area (Å²) in [6.07, 6.45) is 0.633. The number of hydrogen-bond acceptors (Lipinski definition) is 3. The standard InChI is InChI=1S/C24H21F2NO2/c1-29-20-13-11-19(12-14-20)27-16-15-17-7-5-6-10-21(17)22(27)24(25,26)23(28)18-8-3-2-4-9-18/h2-14,22H,15-16H2,1H3. The molecule has 3 nitrogen and oxygen atoms in total. The Morgan fingerprint density at radius 3 is 2.31 bits per heavy atom. The van der Waals surface area contributed by atoms with Crippen molar-refractivity contribution in [3.63, 3.8) is 0 Å². The molecule has 3 aromatic rings. The van der Waals surface area contributed by atoms with E-state index >= 15 is 8.78 Å². The summed E-state index contributed by atoms with van der Waals surface area (Å²) in [5.41, 5.74) is 1.98. The van der Waals surface area contributed by atoms with E-state index < -0.39 is 17.7 Å². The van der Waals surface area contributed by atoms with Gasteiger partial charge in [-0.15, -0.1) is 0 Å². The van der Waals surface area contributed by atoms with Gasteiger partial charge in [-0.1, -0.05) is 54.6 Å². The number of anilines is 1. The number of halogens is 2. The number of carbonyl (C=O) groups is 1. The Balaban J connectivity index is 1.80. The Labute approximate surface area is 168 Å². The van der Waals surface area contributed by atoms with E-state index in [1.165, 1.54) is 12.1 Å². The van der Waals surface area contributed by atoms with Crippen LogP contribution in [0.5, 0.6) is 5.75 Å². The number of rotatable bonds is 5. The SMILES string of the molecule is COc1ccc(N2CCc3ccccc3C2C(F)(F)C(=O)c2ccccc2)cc1. The van der Waals surface area contributed by atoms with Crippen LogP contribution in [0.1, 0.15) is 27.5 Å². The average molecular weight is 393 g/mol. The van der Waals surface area contributed by atoms with E-state index in [0.29, 0.717) is 30.0 Å². The number of hydrogen-bond donors (Lipinski definition) is 0. The van der Waals surface area contributed by atoms with Crippen LogP contribution in [0, 0.1) is 0 Å². The third-order valence-electron chi connectivity index (χ3n) is 5.37. The van der Waals surface area contributed by atoms with Gasteiger partial charge in [-0.05, 0) is 41.8 Å². The lowest BCUT2D eigenvalue weighted by Gasteiger charge is -2.42. The van der Waals surface area contributed by atoms with Gasteiger partial charge < -0.3 is 9.64 Å². The highest BCUT2D eigenvalue weighted by molar-refractivity contribution is 6.02. The van der Waals surface area contributed by atoms with Crippen LogP contribution in [-0.2, 0) is 6.42 Å². The highest BCUT2D eigenvalue weighted by atomic mass is 19.3. The molecule has 0 saturated heterocycles. The van der Waals surface area contributed by atoms with Crippen LogP contribution in [0.2, 0.25) is 0 Å². The molecule has 3 aromatic carbocycles. The number of fused-ring (bicyclic) bond motifs is 1. The highest BCUT2D eigenvalue weighted by Gasteiger charge is 2.52. The minimum absolute atomic E-state index is 0.00948. The Kier molecular flexibility index (Phi) is 5.05. The second kappa shape index (κ2) is 7.66. The summed E-state index contributed by atoms with van der Waals surface area (Å²) < 4.78 is 36.6. The van der Waals surface area contributed by atoms with Crippen molar-refractivity contribution in [1.82, 2.24) is 0 Å². The third kappa shape index (κ3) is 3.48. The van der Waals surface area contributed by atoms with Crippen LogP contribution < -0.4 is 9.64 Å². The Bertz CT molecular complexity index is 1000. The van der Waals surface area contributed by atoms with Gasteiger partial charge in [0, 0.05) is 17.8 Å². The van der Waals surface area contributed by atoms with E-state index in [1.807, 2.05) is 12.1 Å². The van der Waals surface area contributed by atoms with Gasteiger partial charge in [0.2, 0.25) is 5.78 Å². The summed E-state index contributed by atoms with van der Waals surface area (Å²) in [5, 5.41) is 0. The minimum atomic E-state index is -3.60. The first-order chi connectivity index (χ1) is 14.0. The van der Waals surface area contributed by atoms with E-state index in [9.17, 15) is 4.79 Å². The van der Waals surface area contributed by atoms with Crippen molar-refractivity contribution < 1.29 is 18.3 Å². The van der Waals surface area contributed by atoms with E-state index in [-0.39, 0.29) is 5.56 Å². The fourth-order valence-electron chi connectivity index (χ4n) is 3.92. The number of benzene rings is 3. The fraction of sp³-hybridized carbons (Fsp3) is 0.208. The average Bonchev–Trinajstić information content (AvgIpc) is 2.78. The van der Waals surface area contributed by atoms with Crippen molar-refractivity contribution in [3.8, 4) is 5.75 Å². The fourth-order valence-corrected chi connectivity index (χ4v) is 3.92. The monoisotopic (exact) mass is 393 g/mol. The van der Waals surface area contributed by atoms with Crippen LogP contribution >= 0.6 is 0 Å². The van der Waals surface area contributed by atoms with Gasteiger partial charge in [-0.2, -0.15) is 8.78 Å². The van der Waals surface area contributed by atoms with Gasteiger partial charge in [0.05, 0.1) is 7.11 Å². The van der Waals surface area contributed by atoms with Gasteiger partial charge >= 0.3 is 5.92 Å². The molecule has 1 aliphatic rings. The summed E-state index contributed by atoms with van der Waals surface area (Å²) in [5.74, 6) is -4.12. The molecule has 0 N–H and O–H groups in total. The number of ketones is 1. The first-order valence-corrected chi connectivity index (χ1v) is 9.48. The molecule has 0 aromatic heterocycles. The number of methoxy groups -OCH3 is 1. The van der Waals surface area contributed by atoms with E-state index in [2.05, 4.69) is 0 Å². The molecule has 4 rings (SSSR count). The third-order valence-corrected chi connectivity index (χ3v) is 5.37. The molecular formula is C24H21F2NO2. The largest absolute Gasteiger partial charge is 0.497 e. The Morgan fingerprint density at radius 2 is 1.62 bits per heavy atom. The zero-order valence-corrected chi connectivity index (χ0v) is 16.0. The summed E-state index contributed by atoms with van der Waals surface area (Å²) in [4.78, 5) is 14.5. The predicted molar refractivity (Wildman–Crippen MR) is 109 cm³/mol. The Hall–Kier alpha value is -3.21. The molecule has 0 radical (unpaired) electrons. The normalized spacial score (nSPS) is 16.2. The lowest BCUT2D eigenvalue weighted by molar-refractivity contribution is -0.0104. The number of carbonyl (C=O) groups excluding carboxylic acids is 1. The Morgan fingerprint density at radius 1 is 0.966 bits per heavy atom. The maximum atomic E-state index is 15.7. The molecule has 5 heteroatoms. The van der Waals surface area contributed by atoms with Crippen LogP contribution in [0.15, 0.2) is 78.9 Å². The number of alkyl halides is 2. The first kappa shape index (κ1) is 19.1. The van der Waals surface area contributed by atoms with E-state index in [4.69, 9.17) is 4.74 Å². The molecule has 0 bridgehead atoms. The molecule has 0 fully saturated rings. The number of ether oxygens (including phenoxy) is 1.